The number of aliphatic hydroxyl groups is 4. The van der Waals surface area contributed by atoms with Crippen molar-refractivity contribution in [1.82, 2.24) is 5.32 Å². The van der Waals surface area contributed by atoms with Gasteiger partial charge in [0.2, 0.25) is 12.2 Å². The predicted octanol–water partition coefficient (Wildman–Crippen LogP) is 0.418. The van der Waals surface area contributed by atoms with E-state index in [1.807, 2.05) is 4.90 Å². The van der Waals surface area contributed by atoms with Crippen LogP contribution in [0.4, 0.5) is 15.8 Å². The van der Waals surface area contributed by atoms with Gasteiger partial charge >= 0.3 is 0 Å². The lowest BCUT2D eigenvalue weighted by Crippen LogP contribution is -2.67. The Balaban J connectivity index is 1.00. The van der Waals surface area contributed by atoms with E-state index >= 15 is 0 Å². The average molecular weight is 703 g/mol. The van der Waals surface area contributed by atoms with E-state index in [0.29, 0.717) is 54.6 Å². The number of rotatable bonds is 10. The highest BCUT2D eigenvalue weighted by Crippen LogP contribution is 2.32. The van der Waals surface area contributed by atoms with Crippen LogP contribution >= 0.6 is 0 Å². The minimum atomic E-state index is -1.47. The molecule has 0 aromatic heterocycles. The van der Waals surface area contributed by atoms with E-state index in [9.17, 15) is 29.6 Å². The Morgan fingerprint density at radius 3 is 2.52 bits per heavy atom. The summed E-state index contributed by atoms with van der Waals surface area (Å²) in [6, 6.07) is 8.59. The number of hydrogen-bond donors (Lipinski definition) is 6. The van der Waals surface area contributed by atoms with E-state index in [0.717, 1.165) is 0 Å². The first-order valence-electron chi connectivity index (χ1n) is 16.4. The number of nitrogen functional groups attached to an aromatic ring is 1. The van der Waals surface area contributed by atoms with Gasteiger partial charge in [0, 0.05) is 25.1 Å². The predicted molar refractivity (Wildman–Crippen MR) is 176 cm³/mol. The number of ether oxygens (including phenoxy) is 5. The summed E-state index contributed by atoms with van der Waals surface area (Å²) in [6.07, 6.45) is -6.76. The van der Waals surface area contributed by atoms with Crippen molar-refractivity contribution >= 4 is 29.1 Å². The minimum absolute atomic E-state index is 0.0255. The highest BCUT2D eigenvalue weighted by molar-refractivity contribution is 5.97. The molecule has 3 saturated heterocycles. The third-order valence-corrected chi connectivity index (χ3v) is 9.23. The van der Waals surface area contributed by atoms with Gasteiger partial charge in [0.15, 0.2) is 0 Å². The molecule has 4 aliphatic rings. The molecule has 50 heavy (non-hydrogen) atoms. The lowest BCUT2D eigenvalue weighted by atomic mass is 9.83. The van der Waals surface area contributed by atoms with Crippen LogP contribution in [0.3, 0.4) is 0 Å². The maximum absolute atomic E-state index is 14.7. The summed E-state index contributed by atoms with van der Waals surface area (Å²) in [5, 5.41) is 48.8. The summed E-state index contributed by atoms with van der Waals surface area (Å²) in [5.41, 5.74) is 8.80. The minimum Gasteiger partial charge on any atom is -0.463 e. The average Bonchev–Trinajstić information content (AvgIpc) is 3.74. The maximum Gasteiger partial charge on any atom is 0.247 e. The summed E-state index contributed by atoms with van der Waals surface area (Å²) < 4.78 is 42.4. The summed E-state index contributed by atoms with van der Waals surface area (Å²) in [6.45, 7) is 5.46. The third kappa shape index (κ3) is 7.87. The van der Waals surface area contributed by atoms with Crippen LogP contribution in [0, 0.1) is 5.82 Å². The van der Waals surface area contributed by atoms with E-state index in [1.54, 1.807) is 50.3 Å². The maximum atomic E-state index is 14.7. The van der Waals surface area contributed by atoms with Crippen molar-refractivity contribution in [3.63, 3.8) is 0 Å². The molecule has 2 aromatic rings. The molecule has 0 spiro atoms. The summed E-state index contributed by atoms with van der Waals surface area (Å²) in [5.74, 6) is -0.629. The van der Waals surface area contributed by atoms with Gasteiger partial charge in [-0.25, -0.2) is 4.39 Å². The molecule has 0 unspecified atom stereocenters. The molecular weight excluding hydrogens is 659 g/mol. The zero-order valence-corrected chi connectivity index (χ0v) is 27.7. The number of carbonyl (C=O) groups excluding carboxylic acids is 1. The van der Waals surface area contributed by atoms with E-state index in [4.69, 9.17) is 34.3 Å². The molecule has 4 fully saturated rings. The molecule has 0 radical (unpaired) electrons. The Kier molecular flexibility index (Phi) is 11.2. The number of oxime groups is 1. The normalized spacial score (nSPS) is 31.7. The van der Waals surface area contributed by atoms with Crippen LogP contribution in [-0.4, -0.2) is 120 Å². The van der Waals surface area contributed by atoms with Crippen LogP contribution in [0.25, 0.3) is 6.08 Å². The molecule has 3 aliphatic heterocycles. The summed E-state index contributed by atoms with van der Waals surface area (Å²) >= 11 is 0. The molecule has 9 atom stereocenters. The highest BCUT2D eigenvalue weighted by Gasteiger charge is 2.53. The van der Waals surface area contributed by atoms with Gasteiger partial charge in [-0.2, -0.15) is 0 Å². The van der Waals surface area contributed by atoms with E-state index in [2.05, 4.69) is 10.5 Å². The number of fused-ring (bicyclic) bond motifs is 1. The molecule has 1 saturated carbocycles. The fourth-order valence-electron chi connectivity index (χ4n) is 6.49. The summed E-state index contributed by atoms with van der Waals surface area (Å²) in [4.78, 5) is 20.3. The zero-order valence-electron chi connectivity index (χ0n) is 27.7. The largest absolute Gasteiger partial charge is 0.463 e. The Labute approximate surface area is 287 Å². The van der Waals surface area contributed by atoms with Gasteiger partial charge in [0.25, 0.3) is 0 Å². The number of nitrogens with zero attached hydrogens (tertiary/aromatic N) is 2. The number of benzene rings is 2. The van der Waals surface area contributed by atoms with Crippen LogP contribution in [-0.2, 0) is 35.2 Å². The van der Waals surface area contributed by atoms with Gasteiger partial charge in [0.05, 0.1) is 42.4 Å². The molecule has 6 rings (SSSR count). The fraction of sp³-hybridized carbons (Fsp3) is 0.529. The quantitative estimate of drug-likeness (QED) is 0.0860. The van der Waals surface area contributed by atoms with Gasteiger partial charge in [0.1, 0.15) is 61.6 Å². The number of hydrogen-bond acceptors (Lipinski definition) is 14. The number of amides is 1. The van der Waals surface area contributed by atoms with E-state index < -0.39 is 61.0 Å². The molecule has 7 N–H and O–H groups in total. The number of carbonyl (C=O) groups is 1. The Bertz CT molecular complexity index is 1590. The van der Waals surface area contributed by atoms with Crippen LogP contribution in [0.2, 0.25) is 0 Å². The second-order valence-corrected chi connectivity index (χ2v) is 12.8. The van der Waals surface area contributed by atoms with Crippen molar-refractivity contribution in [2.24, 2.45) is 5.16 Å². The topological polar surface area (TPSA) is 207 Å². The number of anilines is 2. The zero-order chi connectivity index (χ0) is 35.5. The lowest BCUT2D eigenvalue weighted by Gasteiger charge is -2.41. The van der Waals surface area contributed by atoms with Gasteiger partial charge < -0.3 is 64.9 Å². The van der Waals surface area contributed by atoms with Gasteiger partial charge in [-0.1, -0.05) is 17.3 Å². The molecule has 1 aliphatic carbocycles. The number of nitrogens with one attached hydrogen (secondary N) is 1. The van der Waals surface area contributed by atoms with E-state index in [1.165, 1.54) is 6.07 Å². The Morgan fingerprint density at radius 1 is 1.06 bits per heavy atom. The number of aliphatic hydroxyl groups excluding tert-OH is 4. The first kappa shape index (κ1) is 35.9. The molecule has 2 aromatic carbocycles. The van der Waals surface area contributed by atoms with Crippen LogP contribution in [0.15, 0.2) is 47.1 Å². The molecule has 0 bridgehead atoms. The molecular formula is C34H43FN4O11. The highest BCUT2D eigenvalue weighted by atomic mass is 19.1. The second-order valence-electron chi connectivity index (χ2n) is 12.8. The molecule has 16 heteroatoms. The molecule has 272 valence electrons. The van der Waals surface area contributed by atoms with Crippen molar-refractivity contribution in [2.45, 2.75) is 81.9 Å². The standard InChI is InChI=1S/C34H43FN4O11/c1-17(34(44)37-27-28(41)30(43)33-32(29(27)42)46-16-47-33)11-19-4-6-25(22(36)13-19)49-26-14-24(40)31(50-26)18(2)38-48-15-20-3-5-23(21(35)12-20)39-7-9-45-10-8-39/h3-6,11-13,24,26-33,40-43H,7-10,14-16,36H2,1-2H3,(H,37,44)/b17-11+,38-18+/t24-,26+,27+,28-,29+,30+,31+,32-,33+/m0/s1. The number of morpholine rings is 1. The lowest BCUT2D eigenvalue weighted by molar-refractivity contribution is -0.155. The Morgan fingerprint density at radius 2 is 1.80 bits per heavy atom. The molecule has 1 amide bonds. The second kappa shape index (κ2) is 15.6. The van der Waals surface area contributed by atoms with Crippen molar-refractivity contribution in [2.75, 3.05) is 43.7 Å². The third-order valence-electron chi connectivity index (χ3n) is 9.23. The smallest absolute Gasteiger partial charge is 0.247 e. The number of halogens is 1. The molecule has 15 nitrogen and oxygen atoms in total. The van der Waals surface area contributed by atoms with Crippen molar-refractivity contribution in [3.8, 4) is 5.75 Å². The van der Waals surface area contributed by atoms with Gasteiger partial charge in [-0.15, -0.1) is 0 Å². The van der Waals surface area contributed by atoms with Crippen molar-refractivity contribution < 1.29 is 58.1 Å². The first-order chi connectivity index (χ1) is 24.0. The van der Waals surface area contributed by atoms with Crippen LogP contribution in [0.5, 0.6) is 5.75 Å². The van der Waals surface area contributed by atoms with Crippen molar-refractivity contribution in [1.29, 1.82) is 0 Å². The van der Waals surface area contributed by atoms with Gasteiger partial charge in [-0.05, 0) is 55.3 Å². The van der Waals surface area contributed by atoms with Crippen molar-refractivity contribution in [3.05, 3.63) is 58.9 Å². The number of nitrogens with two attached hydrogens (primary N) is 1. The van der Waals surface area contributed by atoms with Gasteiger partial charge in [-0.3, -0.25) is 4.79 Å². The fourth-order valence-corrected chi connectivity index (χ4v) is 6.49. The Hall–Kier alpha value is -3.87. The molecule has 3 heterocycles. The van der Waals surface area contributed by atoms with Crippen LogP contribution < -0.4 is 20.7 Å². The van der Waals surface area contributed by atoms with E-state index in [-0.39, 0.29) is 36.9 Å². The first-order valence-corrected chi connectivity index (χ1v) is 16.4. The van der Waals surface area contributed by atoms with Crippen LogP contribution in [0.1, 0.15) is 31.4 Å². The SMILES string of the molecule is C/C(=C\c1ccc(O[C@H]2C[C@H](O)[C@@H](/C(C)=N/OCc3ccc(N4CCOCC4)c(F)c3)O2)c(N)c1)C(=O)N[C@@H]1[C@H](O)[C@@H](O)[C@H]2OCO[C@H]2[C@@H]1O. The summed E-state index contributed by atoms with van der Waals surface area (Å²) in [7, 11) is 0. The monoisotopic (exact) mass is 702 g/mol.